The second kappa shape index (κ2) is 8.48. The molecule has 0 saturated carbocycles. The largest absolute Gasteiger partial charge is 0.469 e. The van der Waals surface area contributed by atoms with Gasteiger partial charge >= 0.3 is 0 Å². The van der Waals surface area contributed by atoms with Gasteiger partial charge in [-0.15, -0.1) is 0 Å². The van der Waals surface area contributed by atoms with E-state index in [0.717, 1.165) is 28.0 Å². The Morgan fingerprint density at radius 3 is 2.44 bits per heavy atom. The number of hydrogen-bond acceptors (Lipinski definition) is 3. The number of aromatic nitrogens is 1. The summed E-state index contributed by atoms with van der Waals surface area (Å²) in [6, 6.07) is 8.41. The van der Waals surface area contributed by atoms with E-state index in [1.807, 2.05) is 38.2 Å². The van der Waals surface area contributed by atoms with Crippen LogP contribution in [0.5, 0.6) is 5.88 Å². The Bertz CT molecular complexity index is 754. The number of pyridine rings is 1. The van der Waals surface area contributed by atoms with Gasteiger partial charge in [0.1, 0.15) is 6.10 Å². The molecule has 0 radical (unpaired) electrons. The van der Waals surface area contributed by atoms with Crippen molar-refractivity contribution in [1.82, 2.24) is 9.88 Å². The second-order valence-corrected chi connectivity index (χ2v) is 7.23. The summed E-state index contributed by atoms with van der Waals surface area (Å²) in [5.74, 6) is 0.590. The lowest BCUT2D eigenvalue weighted by Gasteiger charge is -2.17. The number of aryl methyl sites for hydroxylation is 3. The van der Waals surface area contributed by atoms with E-state index in [1.54, 1.807) is 0 Å². The zero-order valence-electron chi connectivity index (χ0n) is 15.8. The Kier molecular flexibility index (Phi) is 6.59. The summed E-state index contributed by atoms with van der Waals surface area (Å²) in [6.07, 6.45) is 1.73. The molecule has 0 fully saturated rings. The average molecular weight is 404 g/mol. The van der Waals surface area contributed by atoms with Crippen LogP contribution in [0.4, 0.5) is 5.69 Å². The predicted octanol–water partition coefficient (Wildman–Crippen LogP) is 5.52. The molecule has 0 aliphatic rings. The number of ether oxygens (including phenoxy) is 1. The molecule has 0 N–H and O–H groups in total. The van der Waals surface area contributed by atoms with Gasteiger partial charge < -0.3 is 9.64 Å². The zero-order chi connectivity index (χ0) is 18.6. The number of nitrogens with zero attached hydrogens (tertiary/aromatic N) is 3. The van der Waals surface area contributed by atoms with Crippen molar-refractivity contribution in [3.8, 4) is 5.88 Å². The first-order valence-electron chi connectivity index (χ1n) is 8.46. The lowest BCUT2D eigenvalue weighted by Crippen LogP contribution is -2.14. The molecule has 1 heterocycles. The van der Waals surface area contributed by atoms with Crippen molar-refractivity contribution in [3.63, 3.8) is 0 Å². The van der Waals surface area contributed by atoms with Gasteiger partial charge in [-0.05, 0) is 62.2 Å². The number of aliphatic imine (C=N–C) groups is 1. The maximum absolute atomic E-state index is 6.10. The summed E-state index contributed by atoms with van der Waals surface area (Å²) in [4.78, 5) is 11.1. The molecule has 0 unspecified atom stereocenters. The highest BCUT2D eigenvalue weighted by Gasteiger charge is 2.14. The Labute approximate surface area is 159 Å². The number of rotatable bonds is 6. The van der Waals surface area contributed by atoms with Crippen molar-refractivity contribution in [2.24, 2.45) is 4.99 Å². The van der Waals surface area contributed by atoms with E-state index in [9.17, 15) is 0 Å². The molecule has 2 aromatic rings. The number of hydrogen-bond donors (Lipinski definition) is 0. The van der Waals surface area contributed by atoms with Gasteiger partial charge in [-0.1, -0.05) is 29.3 Å². The molecule has 25 heavy (non-hydrogen) atoms. The van der Waals surface area contributed by atoms with Crippen LogP contribution in [0, 0.1) is 20.8 Å². The fourth-order valence-corrected chi connectivity index (χ4v) is 2.88. The molecule has 5 heteroatoms. The third kappa shape index (κ3) is 5.30. The monoisotopic (exact) mass is 403 g/mol. The van der Waals surface area contributed by atoms with Crippen LogP contribution in [0.1, 0.15) is 42.3 Å². The quantitative estimate of drug-likeness (QED) is 0.470. The second-order valence-electron chi connectivity index (χ2n) is 6.38. The smallest absolute Gasteiger partial charge is 0.228 e. The van der Waals surface area contributed by atoms with Crippen molar-refractivity contribution in [2.45, 2.75) is 40.7 Å². The third-order valence-electron chi connectivity index (χ3n) is 4.00. The van der Waals surface area contributed by atoms with E-state index in [4.69, 9.17) is 4.74 Å². The topological polar surface area (TPSA) is 37.7 Å². The maximum atomic E-state index is 6.10. The summed E-state index contributed by atoms with van der Waals surface area (Å²) in [6.45, 7) is 11.2. The normalized spacial score (nSPS) is 12.4. The highest BCUT2D eigenvalue weighted by molar-refractivity contribution is 9.10. The molecular weight excluding hydrogens is 378 g/mol. The highest BCUT2D eigenvalue weighted by atomic mass is 79.9. The molecule has 134 valence electrons. The van der Waals surface area contributed by atoms with Gasteiger partial charge in [0.2, 0.25) is 5.88 Å². The van der Waals surface area contributed by atoms with E-state index >= 15 is 0 Å². The average Bonchev–Trinajstić information content (AvgIpc) is 2.55. The molecule has 0 amide bonds. The lowest BCUT2D eigenvalue weighted by molar-refractivity contribution is 0.215. The standard InChI is InChI=1S/C20H26BrN3O/c1-7-24(6)12-22-19-11-18(21)20(23-15(19)4)25-16(5)17-9-13(2)8-14(3)10-17/h8-12,16H,7H2,1-6H3/t16-/m0/s1. The summed E-state index contributed by atoms with van der Waals surface area (Å²) in [7, 11) is 1.99. The van der Waals surface area contributed by atoms with Crippen LogP contribution in [0.15, 0.2) is 33.7 Å². The molecule has 2 rings (SSSR count). The molecule has 1 aromatic heterocycles. The Balaban J connectivity index is 2.22. The van der Waals surface area contributed by atoms with Gasteiger partial charge in [0.15, 0.2) is 0 Å². The zero-order valence-corrected chi connectivity index (χ0v) is 17.4. The molecule has 0 aliphatic heterocycles. The molecular formula is C20H26BrN3O. The van der Waals surface area contributed by atoms with Crippen LogP contribution in [0.25, 0.3) is 0 Å². The van der Waals surface area contributed by atoms with Crippen molar-refractivity contribution < 1.29 is 4.74 Å². The molecule has 0 spiro atoms. The van der Waals surface area contributed by atoms with Crippen molar-refractivity contribution in [2.75, 3.05) is 13.6 Å². The molecule has 1 aromatic carbocycles. The minimum absolute atomic E-state index is 0.0811. The molecule has 0 aliphatic carbocycles. The maximum Gasteiger partial charge on any atom is 0.228 e. The summed E-state index contributed by atoms with van der Waals surface area (Å²) in [5, 5.41) is 0. The van der Waals surface area contributed by atoms with Crippen LogP contribution in [0.2, 0.25) is 0 Å². The third-order valence-corrected chi connectivity index (χ3v) is 4.57. The Hall–Kier alpha value is -1.88. The molecule has 0 bridgehead atoms. The first-order chi connectivity index (χ1) is 11.8. The highest BCUT2D eigenvalue weighted by Crippen LogP contribution is 2.32. The minimum Gasteiger partial charge on any atom is -0.469 e. The molecule has 4 nitrogen and oxygen atoms in total. The van der Waals surface area contributed by atoms with E-state index in [0.29, 0.717) is 5.88 Å². The summed E-state index contributed by atoms with van der Waals surface area (Å²) >= 11 is 3.56. The van der Waals surface area contributed by atoms with E-state index in [1.165, 1.54) is 11.1 Å². The van der Waals surface area contributed by atoms with Crippen LogP contribution in [0.3, 0.4) is 0 Å². The van der Waals surface area contributed by atoms with Crippen molar-refractivity contribution >= 4 is 28.0 Å². The summed E-state index contributed by atoms with van der Waals surface area (Å²) < 4.78 is 6.91. The Morgan fingerprint density at radius 1 is 1.20 bits per heavy atom. The summed E-state index contributed by atoms with van der Waals surface area (Å²) in [5.41, 5.74) is 5.29. The van der Waals surface area contributed by atoms with Crippen LogP contribution in [-0.4, -0.2) is 29.8 Å². The molecule has 0 saturated heterocycles. The van der Waals surface area contributed by atoms with E-state index < -0.39 is 0 Å². The Morgan fingerprint density at radius 2 is 1.84 bits per heavy atom. The van der Waals surface area contributed by atoms with Crippen LogP contribution < -0.4 is 4.74 Å². The van der Waals surface area contributed by atoms with Crippen molar-refractivity contribution in [3.05, 3.63) is 51.1 Å². The van der Waals surface area contributed by atoms with E-state index in [2.05, 4.69) is 64.9 Å². The fraction of sp³-hybridized carbons (Fsp3) is 0.400. The SMILES string of the molecule is CCN(C)C=Nc1cc(Br)c(O[C@@H](C)c2cc(C)cc(C)c2)nc1C. The first kappa shape index (κ1) is 19.4. The van der Waals surface area contributed by atoms with Crippen LogP contribution in [-0.2, 0) is 0 Å². The van der Waals surface area contributed by atoms with Gasteiger partial charge in [-0.3, -0.25) is 0 Å². The van der Waals surface area contributed by atoms with Gasteiger partial charge in [0.05, 0.1) is 22.2 Å². The lowest BCUT2D eigenvalue weighted by atomic mass is 10.0. The molecule has 1 atom stereocenters. The van der Waals surface area contributed by atoms with Gasteiger partial charge in [-0.25, -0.2) is 9.98 Å². The van der Waals surface area contributed by atoms with Gasteiger partial charge in [0.25, 0.3) is 0 Å². The predicted molar refractivity (Wildman–Crippen MR) is 108 cm³/mol. The number of halogens is 1. The van der Waals surface area contributed by atoms with Gasteiger partial charge in [-0.2, -0.15) is 0 Å². The van der Waals surface area contributed by atoms with Crippen molar-refractivity contribution in [1.29, 1.82) is 0 Å². The van der Waals surface area contributed by atoms with Gasteiger partial charge in [0, 0.05) is 13.6 Å². The first-order valence-corrected chi connectivity index (χ1v) is 9.25. The fourth-order valence-electron chi connectivity index (χ4n) is 2.49. The number of benzene rings is 1. The van der Waals surface area contributed by atoms with Crippen LogP contribution >= 0.6 is 15.9 Å². The minimum atomic E-state index is -0.0811. The van der Waals surface area contributed by atoms with E-state index in [-0.39, 0.29) is 6.10 Å².